The van der Waals surface area contributed by atoms with E-state index in [2.05, 4.69) is 34.6 Å². The topological polar surface area (TPSA) is 237 Å². The van der Waals surface area contributed by atoms with Gasteiger partial charge in [-0.3, -0.25) is 37.3 Å². The average Bonchev–Trinajstić information content (AvgIpc) is 3.66. The van der Waals surface area contributed by atoms with Crippen LogP contribution < -0.4 is 0 Å². The SMILES string of the molecule is CCCCCCCCCCCCCCCCCCCCC(=O)O[C@H](COC(=O)CCCCCCCCCCCCCC(C)C)COP(=O)(O)OC[C@@H](O)COP(=O)(O)OC[C@@H](COC(=O)CCCCCCCCC)OC(=O)CCCCCCCCCCCC. The molecule has 0 spiro atoms. The number of carbonyl (C=O) groups excluding carboxylic acids is 4. The Morgan fingerprint density at radius 2 is 0.517 bits per heavy atom. The minimum atomic E-state index is -4.95. The molecule has 3 N–H and O–H groups in total. The van der Waals surface area contributed by atoms with Crippen LogP contribution in [-0.4, -0.2) is 96.7 Å². The van der Waals surface area contributed by atoms with Crippen molar-refractivity contribution >= 4 is 39.5 Å². The van der Waals surface area contributed by atoms with Crippen LogP contribution in [0.5, 0.6) is 0 Å². The third kappa shape index (κ3) is 64.6. The average molecular weight is 1310 g/mol. The van der Waals surface area contributed by atoms with Crippen molar-refractivity contribution < 1.29 is 80.2 Å². The minimum absolute atomic E-state index is 0.106. The Morgan fingerprint density at radius 1 is 0.303 bits per heavy atom. The summed E-state index contributed by atoms with van der Waals surface area (Å²) < 4.78 is 68.2. The molecule has 0 heterocycles. The molecular formula is C70H136O17P2. The Balaban J connectivity index is 5.18. The van der Waals surface area contributed by atoms with E-state index in [1.165, 1.54) is 173 Å². The zero-order chi connectivity index (χ0) is 65.6. The molecular weight excluding hydrogens is 1170 g/mol. The number of unbranched alkanes of at least 4 members (excludes halogenated alkanes) is 42. The van der Waals surface area contributed by atoms with Gasteiger partial charge in [-0.15, -0.1) is 0 Å². The molecule has 0 aromatic rings. The molecule has 0 bridgehead atoms. The maximum absolute atomic E-state index is 13.0. The summed E-state index contributed by atoms with van der Waals surface area (Å²) in [6.07, 6.45) is 50.1. The molecule has 0 aromatic heterocycles. The number of aliphatic hydroxyl groups is 1. The Bertz CT molecular complexity index is 1720. The first-order chi connectivity index (χ1) is 43.0. The van der Waals surface area contributed by atoms with Crippen molar-refractivity contribution in [3.63, 3.8) is 0 Å². The number of carbonyl (C=O) groups is 4. The van der Waals surface area contributed by atoms with Crippen LogP contribution in [-0.2, 0) is 65.4 Å². The highest BCUT2D eigenvalue weighted by atomic mass is 31.2. The largest absolute Gasteiger partial charge is 0.472 e. The van der Waals surface area contributed by atoms with E-state index >= 15 is 0 Å². The van der Waals surface area contributed by atoms with E-state index in [-0.39, 0.29) is 25.7 Å². The molecule has 0 fully saturated rings. The molecule has 0 rings (SSSR count). The summed E-state index contributed by atoms with van der Waals surface area (Å²) in [5, 5.41) is 10.6. The van der Waals surface area contributed by atoms with Crippen LogP contribution in [0.2, 0.25) is 0 Å². The van der Waals surface area contributed by atoms with E-state index in [0.717, 1.165) is 109 Å². The normalized spacial score (nSPS) is 14.1. The third-order valence-electron chi connectivity index (χ3n) is 16.3. The van der Waals surface area contributed by atoms with Crippen molar-refractivity contribution in [2.45, 2.75) is 380 Å². The second-order valence-electron chi connectivity index (χ2n) is 25.7. The van der Waals surface area contributed by atoms with Crippen LogP contribution in [0.3, 0.4) is 0 Å². The lowest BCUT2D eigenvalue weighted by Crippen LogP contribution is -2.30. The summed E-state index contributed by atoms with van der Waals surface area (Å²) in [5.74, 6) is -1.36. The van der Waals surface area contributed by atoms with Gasteiger partial charge in [0.2, 0.25) is 0 Å². The van der Waals surface area contributed by atoms with Gasteiger partial charge in [0.05, 0.1) is 26.4 Å². The van der Waals surface area contributed by atoms with Crippen LogP contribution in [0.15, 0.2) is 0 Å². The number of hydrogen-bond donors (Lipinski definition) is 3. The van der Waals surface area contributed by atoms with Crippen molar-refractivity contribution in [1.82, 2.24) is 0 Å². The van der Waals surface area contributed by atoms with E-state index in [1.54, 1.807) is 0 Å². The first-order valence-corrected chi connectivity index (χ1v) is 39.6. The fraction of sp³-hybridized carbons (Fsp3) is 0.943. The van der Waals surface area contributed by atoms with Gasteiger partial charge in [-0.1, -0.05) is 311 Å². The zero-order valence-electron chi connectivity index (χ0n) is 57.6. The molecule has 528 valence electrons. The molecule has 5 atom stereocenters. The highest BCUT2D eigenvalue weighted by Gasteiger charge is 2.30. The molecule has 0 amide bonds. The van der Waals surface area contributed by atoms with Gasteiger partial charge >= 0.3 is 39.5 Å². The van der Waals surface area contributed by atoms with E-state index in [0.29, 0.717) is 25.7 Å². The number of rotatable bonds is 70. The van der Waals surface area contributed by atoms with Gasteiger partial charge in [-0.2, -0.15) is 0 Å². The first-order valence-electron chi connectivity index (χ1n) is 36.6. The Hall–Kier alpha value is -1.94. The van der Waals surface area contributed by atoms with Crippen LogP contribution in [0.25, 0.3) is 0 Å². The second-order valence-corrected chi connectivity index (χ2v) is 28.7. The number of esters is 4. The van der Waals surface area contributed by atoms with Gasteiger partial charge in [-0.25, -0.2) is 9.13 Å². The second kappa shape index (κ2) is 63.5. The fourth-order valence-corrected chi connectivity index (χ4v) is 12.2. The quantitative estimate of drug-likeness (QED) is 0.0222. The number of hydrogen-bond acceptors (Lipinski definition) is 15. The van der Waals surface area contributed by atoms with E-state index < -0.39 is 97.5 Å². The fourth-order valence-electron chi connectivity index (χ4n) is 10.6. The van der Waals surface area contributed by atoms with Crippen molar-refractivity contribution in [2.75, 3.05) is 39.6 Å². The summed E-state index contributed by atoms with van der Waals surface area (Å²) >= 11 is 0. The minimum Gasteiger partial charge on any atom is -0.462 e. The predicted molar refractivity (Wildman–Crippen MR) is 358 cm³/mol. The lowest BCUT2D eigenvalue weighted by Gasteiger charge is -2.21. The molecule has 0 aromatic carbocycles. The Kier molecular flexibility index (Phi) is 62.1. The zero-order valence-corrected chi connectivity index (χ0v) is 59.4. The Labute approximate surface area is 543 Å². The highest BCUT2D eigenvalue weighted by molar-refractivity contribution is 7.47. The van der Waals surface area contributed by atoms with Crippen molar-refractivity contribution in [1.29, 1.82) is 0 Å². The molecule has 0 saturated heterocycles. The number of ether oxygens (including phenoxy) is 4. The molecule has 0 saturated carbocycles. The monoisotopic (exact) mass is 1310 g/mol. The smallest absolute Gasteiger partial charge is 0.462 e. The molecule has 19 heteroatoms. The summed E-state index contributed by atoms with van der Waals surface area (Å²) in [6, 6.07) is 0. The van der Waals surface area contributed by atoms with Gasteiger partial charge in [0.15, 0.2) is 12.2 Å². The first kappa shape index (κ1) is 87.1. The number of phosphoric ester groups is 2. The van der Waals surface area contributed by atoms with Gasteiger partial charge < -0.3 is 33.8 Å². The van der Waals surface area contributed by atoms with Crippen LogP contribution in [0.4, 0.5) is 0 Å². The molecule has 89 heavy (non-hydrogen) atoms. The highest BCUT2D eigenvalue weighted by Crippen LogP contribution is 2.45. The molecule has 0 radical (unpaired) electrons. The summed E-state index contributed by atoms with van der Waals surface area (Å²) in [4.78, 5) is 72.4. The number of aliphatic hydroxyl groups excluding tert-OH is 1. The van der Waals surface area contributed by atoms with Gasteiger partial charge in [0, 0.05) is 25.7 Å². The molecule has 2 unspecified atom stereocenters. The lowest BCUT2D eigenvalue weighted by molar-refractivity contribution is -0.161. The lowest BCUT2D eigenvalue weighted by atomic mass is 10.0. The van der Waals surface area contributed by atoms with Crippen LogP contribution >= 0.6 is 15.6 Å². The summed E-state index contributed by atoms with van der Waals surface area (Å²) in [7, 11) is -9.89. The maximum Gasteiger partial charge on any atom is 0.472 e. The van der Waals surface area contributed by atoms with Gasteiger partial charge in [0.25, 0.3) is 0 Å². The number of phosphoric acid groups is 2. The molecule has 0 aliphatic heterocycles. The standard InChI is InChI=1S/C70H136O17P2/c1-6-9-12-15-18-20-22-23-24-25-26-27-28-31-36-41-46-51-56-70(75)87-66(60-81-68(73)54-49-44-39-35-32-29-30-33-38-42-47-52-63(4)5)62-85-89(78,79)83-58-64(71)57-82-88(76,77)84-61-65(59-80-67(72)53-48-43-37-17-14-11-8-3)86-69(74)55-50-45-40-34-21-19-16-13-10-7-2/h63-66,71H,6-62H2,1-5H3,(H,76,77)(H,78,79)/t64-,65+,66+/m0/s1. The van der Waals surface area contributed by atoms with Crippen LogP contribution in [0, 0.1) is 5.92 Å². The van der Waals surface area contributed by atoms with Crippen LogP contribution in [0.1, 0.15) is 362 Å². The Morgan fingerprint density at radius 3 is 0.764 bits per heavy atom. The van der Waals surface area contributed by atoms with E-state index in [1.807, 2.05) is 0 Å². The molecule has 17 nitrogen and oxygen atoms in total. The van der Waals surface area contributed by atoms with Gasteiger partial charge in [-0.05, 0) is 31.6 Å². The van der Waals surface area contributed by atoms with E-state index in [9.17, 15) is 43.2 Å². The predicted octanol–water partition coefficient (Wildman–Crippen LogP) is 20.1. The van der Waals surface area contributed by atoms with Crippen molar-refractivity contribution in [3.8, 4) is 0 Å². The van der Waals surface area contributed by atoms with Crippen molar-refractivity contribution in [2.24, 2.45) is 5.92 Å². The molecule has 0 aliphatic carbocycles. The third-order valence-corrected chi connectivity index (χ3v) is 18.2. The molecule has 0 aliphatic rings. The van der Waals surface area contributed by atoms with E-state index in [4.69, 9.17) is 37.0 Å². The maximum atomic E-state index is 13.0. The summed E-state index contributed by atoms with van der Waals surface area (Å²) in [5.41, 5.74) is 0. The summed E-state index contributed by atoms with van der Waals surface area (Å²) in [6.45, 7) is 7.20. The van der Waals surface area contributed by atoms with Crippen molar-refractivity contribution in [3.05, 3.63) is 0 Å². The van der Waals surface area contributed by atoms with Gasteiger partial charge in [0.1, 0.15) is 19.3 Å².